The summed E-state index contributed by atoms with van der Waals surface area (Å²) in [4.78, 5) is 10.9. The third kappa shape index (κ3) is 15.2. The minimum atomic E-state index is -2.52. The topological polar surface area (TPSA) is 83.5 Å². The second-order valence-corrected chi connectivity index (χ2v) is 11.7. The Morgan fingerprint density at radius 3 is 1.86 bits per heavy atom. The van der Waals surface area contributed by atoms with Crippen LogP contribution in [0.5, 0.6) is 11.5 Å². The Hall–Kier alpha value is -1.87. The van der Waals surface area contributed by atoms with Gasteiger partial charge >= 0.3 is 14.8 Å². The van der Waals surface area contributed by atoms with Gasteiger partial charge in [0.05, 0.1) is 13.2 Å². The monoisotopic (exact) mass is 538 g/mol. The smallest absolute Gasteiger partial charge is 0.490 e. The van der Waals surface area contributed by atoms with Gasteiger partial charge in [0.1, 0.15) is 0 Å². The fraction of sp³-hybridized carbons (Fsp3) is 0.690. The van der Waals surface area contributed by atoms with Crippen molar-refractivity contribution in [2.45, 2.75) is 97.9 Å². The molecule has 7 nitrogen and oxygen atoms in total. The first-order chi connectivity index (χ1) is 18.0. The fourth-order valence-electron chi connectivity index (χ4n) is 4.07. The molecule has 1 rings (SSSR count). The number of hydrogen-bond acceptors (Lipinski definition) is 6. The van der Waals surface area contributed by atoms with Crippen LogP contribution in [-0.4, -0.2) is 52.9 Å². The lowest BCUT2D eigenvalue weighted by Gasteiger charge is -2.28. The Morgan fingerprint density at radius 2 is 1.30 bits per heavy atom. The maximum atomic E-state index is 10.9. The Morgan fingerprint density at radius 1 is 0.757 bits per heavy atom. The van der Waals surface area contributed by atoms with Gasteiger partial charge in [-0.15, -0.1) is 0 Å². The van der Waals surface area contributed by atoms with Crippen molar-refractivity contribution in [2.24, 2.45) is 0 Å². The predicted octanol–water partition coefficient (Wildman–Crippen LogP) is 7.51. The van der Waals surface area contributed by atoms with Crippen molar-refractivity contribution in [1.29, 1.82) is 0 Å². The zero-order valence-corrected chi connectivity index (χ0v) is 24.6. The van der Waals surface area contributed by atoms with E-state index in [1.165, 1.54) is 12.8 Å². The van der Waals surface area contributed by atoms with Crippen LogP contribution in [0, 0.1) is 0 Å². The molecule has 1 N–H and O–H groups in total. The number of carboxylic acid groups (broad SMARTS) is 1. The number of hydrogen-bond donors (Lipinski definition) is 1. The van der Waals surface area contributed by atoms with Gasteiger partial charge in [0, 0.05) is 31.9 Å². The Bertz CT molecular complexity index is 737. The van der Waals surface area contributed by atoms with Crippen molar-refractivity contribution in [3.63, 3.8) is 0 Å². The molecule has 1 aromatic rings. The van der Waals surface area contributed by atoms with Crippen LogP contribution in [0.2, 0.25) is 6.04 Å². The molecule has 0 aliphatic rings. The van der Waals surface area contributed by atoms with E-state index in [-0.39, 0.29) is 0 Å². The molecule has 0 saturated carbocycles. The summed E-state index contributed by atoms with van der Waals surface area (Å²) >= 11 is 0. The molecule has 37 heavy (non-hydrogen) atoms. The molecule has 0 unspecified atom stereocenters. The summed E-state index contributed by atoms with van der Waals surface area (Å²) in [5, 5.41) is 8.92. The summed E-state index contributed by atoms with van der Waals surface area (Å²) in [5.74, 6) is 0.419. The molecular weight excluding hydrogens is 488 g/mol. The number of ether oxygens (including phenoxy) is 2. The largest absolute Gasteiger partial charge is 0.500 e. The van der Waals surface area contributed by atoms with Gasteiger partial charge < -0.3 is 27.9 Å². The highest BCUT2D eigenvalue weighted by Crippen LogP contribution is 2.30. The van der Waals surface area contributed by atoms with E-state index in [0.717, 1.165) is 74.8 Å². The van der Waals surface area contributed by atoms with E-state index in [9.17, 15) is 4.79 Å². The SMILES string of the molecule is CCCCCCOc1ccc(/C=C/C(=O)O)cc1OCCCCCCCC[Si](OCC)(OCC)OCC. The molecule has 0 bridgehead atoms. The molecular formula is C29H50O7Si. The number of carboxylic acids is 1. The highest BCUT2D eigenvalue weighted by atomic mass is 28.4. The van der Waals surface area contributed by atoms with Gasteiger partial charge in [-0.25, -0.2) is 4.79 Å². The first-order valence-electron chi connectivity index (χ1n) is 14.2. The lowest BCUT2D eigenvalue weighted by molar-refractivity contribution is -0.131. The van der Waals surface area contributed by atoms with E-state index in [1.807, 2.05) is 39.0 Å². The third-order valence-corrected chi connectivity index (χ3v) is 9.02. The lowest BCUT2D eigenvalue weighted by Crippen LogP contribution is -2.45. The molecule has 0 heterocycles. The van der Waals surface area contributed by atoms with Gasteiger partial charge in [0.15, 0.2) is 11.5 Å². The second-order valence-electron chi connectivity index (χ2n) is 8.99. The van der Waals surface area contributed by atoms with Crippen molar-refractivity contribution in [2.75, 3.05) is 33.0 Å². The first-order valence-corrected chi connectivity index (χ1v) is 16.2. The number of carbonyl (C=O) groups is 1. The molecule has 0 fully saturated rings. The number of aliphatic carboxylic acids is 1. The molecule has 0 aliphatic heterocycles. The zero-order valence-electron chi connectivity index (χ0n) is 23.6. The first kappa shape index (κ1) is 33.2. The number of unbranched alkanes of at least 4 members (excludes halogenated alkanes) is 8. The van der Waals surface area contributed by atoms with Gasteiger partial charge in [-0.1, -0.05) is 57.9 Å². The molecule has 212 valence electrons. The van der Waals surface area contributed by atoms with E-state index >= 15 is 0 Å². The Balaban J connectivity index is 2.43. The van der Waals surface area contributed by atoms with Crippen LogP contribution >= 0.6 is 0 Å². The molecule has 0 atom stereocenters. The second kappa shape index (κ2) is 21.1. The minimum Gasteiger partial charge on any atom is -0.490 e. The highest BCUT2D eigenvalue weighted by Gasteiger charge is 2.39. The van der Waals surface area contributed by atoms with E-state index in [0.29, 0.717) is 38.8 Å². The number of benzene rings is 1. The fourth-order valence-corrected chi connectivity index (χ4v) is 6.76. The Kier molecular flexibility index (Phi) is 18.9. The van der Waals surface area contributed by atoms with Crippen molar-refractivity contribution in [3.05, 3.63) is 29.8 Å². The van der Waals surface area contributed by atoms with Crippen LogP contribution < -0.4 is 9.47 Å². The van der Waals surface area contributed by atoms with Crippen molar-refractivity contribution in [1.82, 2.24) is 0 Å². The standard InChI is InChI=1S/C29H50O7Si/c1-5-9-10-15-22-32-27-20-18-26(19-21-29(30)31)25-28(27)33-23-16-13-11-12-14-17-24-37(34-6-2,35-7-3)36-8-4/h18-21,25H,5-17,22-24H2,1-4H3,(H,30,31)/b21-19+. The molecule has 0 spiro atoms. The van der Waals surface area contributed by atoms with Gasteiger partial charge in [0.25, 0.3) is 0 Å². The molecule has 0 saturated heterocycles. The predicted molar refractivity (Wildman–Crippen MR) is 151 cm³/mol. The normalized spacial score (nSPS) is 11.8. The van der Waals surface area contributed by atoms with Crippen LogP contribution in [0.3, 0.4) is 0 Å². The van der Waals surface area contributed by atoms with Crippen molar-refractivity contribution >= 4 is 20.8 Å². The maximum absolute atomic E-state index is 10.9. The minimum absolute atomic E-state index is 0.605. The summed E-state index contributed by atoms with van der Waals surface area (Å²) in [6.07, 6.45) is 13.8. The van der Waals surface area contributed by atoms with Crippen molar-refractivity contribution in [3.8, 4) is 11.5 Å². The van der Waals surface area contributed by atoms with E-state index in [1.54, 1.807) is 6.08 Å². The highest BCUT2D eigenvalue weighted by molar-refractivity contribution is 6.60. The quantitative estimate of drug-likeness (QED) is 0.0828. The van der Waals surface area contributed by atoms with Gasteiger partial charge in [-0.3, -0.25) is 0 Å². The molecule has 0 aliphatic carbocycles. The van der Waals surface area contributed by atoms with Gasteiger partial charge in [-0.05, 0) is 63.8 Å². The van der Waals surface area contributed by atoms with Crippen LogP contribution in [0.4, 0.5) is 0 Å². The van der Waals surface area contributed by atoms with Crippen LogP contribution in [0.15, 0.2) is 24.3 Å². The van der Waals surface area contributed by atoms with E-state index < -0.39 is 14.8 Å². The van der Waals surface area contributed by atoms with Gasteiger partial charge in [-0.2, -0.15) is 0 Å². The van der Waals surface area contributed by atoms with Crippen LogP contribution in [0.25, 0.3) is 6.08 Å². The number of rotatable bonds is 24. The third-order valence-electron chi connectivity index (χ3n) is 5.87. The molecule has 8 heteroatoms. The van der Waals surface area contributed by atoms with Crippen LogP contribution in [-0.2, 0) is 18.1 Å². The summed E-state index contributed by atoms with van der Waals surface area (Å²) in [6, 6.07) is 6.45. The zero-order chi connectivity index (χ0) is 27.2. The summed E-state index contributed by atoms with van der Waals surface area (Å²) in [6.45, 7) is 11.3. The van der Waals surface area contributed by atoms with Gasteiger partial charge in [0.2, 0.25) is 0 Å². The van der Waals surface area contributed by atoms with Crippen LogP contribution in [0.1, 0.15) is 97.5 Å². The molecule has 1 aromatic carbocycles. The average Bonchev–Trinajstić information content (AvgIpc) is 2.87. The maximum Gasteiger partial charge on any atom is 0.500 e. The van der Waals surface area contributed by atoms with Crippen molar-refractivity contribution < 1.29 is 32.7 Å². The average molecular weight is 539 g/mol. The van der Waals surface area contributed by atoms with E-state index in [2.05, 4.69) is 6.92 Å². The summed E-state index contributed by atoms with van der Waals surface area (Å²) < 4.78 is 29.8. The summed E-state index contributed by atoms with van der Waals surface area (Å²) in [5.41, 5.74) is 0.779. The Labute approximate surface area is 225 Å². The molecule has 0 aromatic heterocycles. The lowest BCUT2D eigenvalue weighted by atomic mass is 10.1. The molecule has 0 amide bonds. The summed E-state index contributed by atoms with van der Waals surface area (Å²) in [7, 11) is -2.52. The molecule has 0 radical (unpaired) electrons. The van der Waals surface area contributed by atoms with E-state index in [4.69, 9.17) is 27.9 Å².